The number of ether oxygens (including phenoxy) is 2. The monoisotopic (exact) mass is 428 g/mol. The summed E-state index contributed by atoms with van der Waals surface area (Å²) in [4.78, 5) is 11.4. The van der Waals surface area contributed by atoms with Gasteiger partial charge in [0.15, 0.2) is 5.79 Å². The fourth-order valence-electron chi connectivity index (χ4n) is 9.13. The summed E-state index contributed by atoms with van der Waals surface area (Å²) in [7, 11) is 0. The molecule has 1 heterocycles. The highest BCUT2D eigenvalue weighted by molar-refractivity contribution is 5.53. The van der Waals surface area contributed by atoms with Gasteiger partial charge in [-0.15, -0.1) is 0 Å². The summed E-state index contributed by atoms with van der Waals surface area (Å²) in [5.74, 6) is 3.25. The molecular weight excluding hydrogens is 388 g/mol. The number of aldehydes is 1. The molecule has 1 saturated heterocycles. The van der Waals surface area contributed by atoms with E-state index in [0.717, 1.165) is 58.2 Å². The van der Waals surface area contributed by atoms with Gasteiger partial charge in [0, 0.05) is 18.8 Å². The zero-order valence-electron chi connectivity index (χ0n) is 19.2. The lowest BCUT2D eigenvalue weighted by molar-refractivity contribution is -0.181. The molecule has 6 aliphatic rings. The van der Waals surface area contributed by atoms with Crippen molar-refractivity contribution >= 4 is 6.29 Å². The molecule has 1 aliphatic heterocycles. The summed E-state index contributed by atoms with van der Waals surface area (Å²) in [5.41, 5.74) is 3.68. The number of aliphatic hydroxyl groups is 1. The van der Waals surface area contributed by atoms with Gasteiger partial charge in [-0.2, -0.15) is 0 Å². The molecule has 0 bridgehead atoms. The number of carbonyl (C=O) groups is 1. The zero-order chi connectivity index (χ0) is 21.2. The molecular formula is C27H40O4. The molecule has 4 nitrogen and oxygen atoms in total. The molecule has 6 atom stereocenters. The summed E-state index contributed by atoms with van der Waals surface area (Å²) in [6.45, 7) is 3.91. The first-order valence-corrected chi connectivity index (χ1v) is 13.2. The second kappa shape index (κ2) is 7.67. The van der Waals surface area contributed by atoms with Crippen LogP contribution in [-0.2, 0) is 14.3 Å². The smallest absolute Gasteiger partial charge is 0.169 e. The second-order valence-electron chi connectivity index (χ2n) is 12.0. The average molecular weight is 429 g/mol. The quantitative estimate of drug-likeness (QED) is 0.495. The molecule has 172 valence electrons. The predicted octanol–water partition coefficient (Wildman–Crippen LogP) is 5.04. The number of rotatable bonds is 2. The van der Waals surface area contributed by atoms with E-state index in [9.17, 15) is 9.90 Å². The highest BCUT2D eigenvalue weighted by Crippen LogP contribution is 2.64. The van der Waals surface area contributed by atoms with Crippen molar-refractivity contribution in [3.05, 3.63) is 11.1 Å². The molecule has 0 amide bonds. The van der Waals surface area contributed by atoms with Gasteiger partial charge in [-0.05, 0) is 99.2 Å². The second-order valence-corrected chi connectivity index (χ2v) is 12.0. The van der Waals surface area contributed by atoms with E-state index in [0.29, 0.717) is 29.6 Å². The van der Waals surface area contributed by atoms with E-state index in [-0.39, 0.29) is 23.2 Å². The van der Waals surface area contributed by atoms with Gasteiger partial charge in [0.05, 0.1) is 19.3 Å². The highest BCUT2D eigenvalue weighted by atomic mass is 16.7. The van der Waals surface area contributed by atoms with Crippen LogP contribution in [0.2, 0.25) is 0 Å². The van der Waals surface area contributed by atoms with Crippen LogP contribution in [0.4, 0.5) is 0 Å². The summed E-state index contributed by atoms with van der Waals surface area (Å²) < 4.78 is 12.2. The van der Waals surface area contributed by atoms with Crippen molar-refractivity contribution in [3.8, 4) is 0 Å². The highest BCUT2D eigenvalue weighted by Gasteiger charge is 2.58. The Balaban J connectivity index is 1.36. The van der Waals surface area contributed by atoms with Crippen LogP contribution < -0.4 is 0 Å². The normalized spacial score (nSPS) is 48.9. The maximum Gasteiger partial charge on any atom is 0.169 e. The lowest BCUT2D eigenvalue weighted by atomic mass is 9.50. The lowest BCUT2D eigenvalue weighted by Crippen LogP contribution is -2.49. The Bertz CT molecular complexity index is 744. The summed E-state index contributed by atoms with van der Waals surface area (Å²) in [6.07, 6.45) is 14.7. The van der Waals surface area contributed by atoms with Gasteiger partial charge in [0.2, 0.25) is 0 Å². The molecule has 0 aromatic rings. The average Bonchev–Trinajstić information content (AvgIpc) is 3.37. The lowest BCUT2D eigenvalue weighted by Gasteiger charge is -2.55. The fraction of sp³-hybridized carbons (Fsp3) is 0.889. The van der Waals surface area contributed by atoms with Crippen molar-refractivity contribution in [1.82, 2.24) is 0 Å². The van der Waals surface area contributed by atoms with E-state index in [2.05, 4.69) is 6.92 Å². The van der Waals surface area contributed by atoms with E-state index in [4.69, 9.17) is 9.47 Å². The minimum Gasteiger partial charge on any atom is -0.393 e. The van der Waals surface area contributed by atoms with Crippen molar-refractivity contribution in [3.63, 3.8) is 0 Å². The van der Waals surface area contributed by atoms with Gasteiger partial charge in [-0.25, -0.2) is 0 Å². The van der Waals surface area contributed by atoms with Crippen LogP contribution in [-0.4, -0.2) is 36.5 Å². The molecule has 1 N–H and O–H groups in total. The van der Waals surface area contributed by atoms with Gasteiger partial charge in [0.1, 0.15) is 6.29 Å². The van der Waals surface area contributed by atoms with E-state index >= 15 is 0 Å². The SMILES string of the molecule is C[C@]12CC(C3CCC(C=O)CC3)C3=C4CCC5(CC4CCC3C1CC[C@@H]2O)OCCO5. The molecule has 1 spiro atoms. The molecule has 5 fully saturated rings. The van der Waals surface area contributed by atoms with Crippen LogP contribution in [0.5, 0.6) is 0 Å². The van der Waals surface area contributed by atoms with Crippen LogP contribution in [0, 0.1) is 40.9 Å². The summed E-state index contributed by atoms with van der Waals surface area (Å²) in [5, 5.41) is 11.0. The van der Waals surface area contributed by atoms with Gasteiger partial charge in [-0.1, -0.05) is 18.1 Å². The van der Waals surface area contributed by atoms with Crippen LogP contribution in [0.3, 0.4) is 0 Å². The third-order valence-electron chi connectivity index (χ3n) is 10.7. The molecule has 4 saturated carbocycles. The Morgan fingerprint density at radius 1 is 0.935 bits per heavy atom. The number of hydrogen-bond donors (Lipinski definition) is 1. The standard InChI is InChI=1S/C27H40O4/c1-26-15-22(18-4-2-17(16-28)3-5-18)25-20-10-11-27(30-12-13-31-27)14-19(20)6-7-21(25)23(26)8-9-24(26)29/h16-19,21-24,29H,2-15H2,1H3/t17?,18?,19?,21?,22?,23?,24-,26-/m0/s1. The van der Waals surface area contributed by atoms with E-state index in [1.807, 2.05) is 5.57 Å². The predicted molar refractivity (Wildman–Crippen MR) is 118 cm³/mol. The Morgan fingerprint density at radius 2 is 1.71 bits per heavy atom. The Kier molecular flexibility index (Phi) is 5.16. The topological polar surface area (TPSA) is 55.8 Å². The van der Waals surface area contributed by atoms with Crippen molar-refractivity contribution in [2.45, 2.75) is 95.9 Å². The van der Waals surface area contributed by atoms with Crippen molar-refractivity contribution in [1.29, 1.82) is 0 Å². The third-order valence-corrected chi connectivity index (χ3v) is 10.7. The number of aliphatic hydroxyl groups excluding tert-OH is 1. The minimum atomic E-state index is -0.300. The maximum absolute atomic E-state index is 11.4. The molecule has 0 aromatic heterocycles. The maximum atomic E-state index is 11.4. The van der Waals surface area contributed by atoms with Crippen molar-refractivity contribution in [2.75, 3.05) is 13.2 Å². The minimum absolute atomic E-state index is 0.0846. The number of allylic oxidation sites excluding steroid dienone is 2. The van der Waals surface area contributed by atoms with Crippen LogP contribution in [0.1, 0.15) is 84.0 Å². The summed E-state index contributed by atoms with van der Waals surface area (Å²) >= 11 is 0. The molecule has 31 heavy (non-hydrogen) atoms. The van der Waals surface area contributed by atoms with Crippen LogP contribution in [0.25, 0.3) is 0 Å². The third kappa shape index (κ3) is 3.22. The first-order chi connectivity index (χ1) is 15.0. The molecule has 4 unspecified atom stereocenters. The Hall–Kier alpha value is -0.710. The Labute approximate surface area is 187 Å². The first-order valence-electron chi connectivity index (χ1n) is 13.2. The van der Waals surface area contributed by atoms with Crippen LogP contribution in [0.15, 0.2) is 11.1 Å². The molecule has 6 rings (SSSR count). The van der Waals surface area contributed by atoms with Gasteiger partial charge in [-0.3, -0.25) is 0 Å². The number of carbonyl (C=O) groups excluding carboxylic acids is 1. The first kappa shape index (κ1) is 20.9. The van der Waals surface area contributed by atoms with Gasteiger partial charge in [0.25, 0.3) is 0 Å². The van der Waals surface area contributed by atoms with Crippen molar-refractivity contribution < 1.29 is 19.4 Å². The van der Waals surface area contributed by atoms with E-state index < -0.39 is 0 Å². The largest absolute Gasteiger partial charge is 0.393 e. The molecule has 0 aromatic carbocycles. The molecule has 5 aliphatic carbocycles. The van der Waals surface area contributed by atoms with Gasteiger partial charge < -0.3 is 19.4 Å². The fourth-order valence-corrected chi connectivity index (χ4v) is 9.13. The van der Waals surface area contributed by atoms with Crippen LogP contribution >= 0.6 is 0 Å². The molecule has 0 radical (unpaired) electrons. The number of fused-ring (bicyclic) bond motifs is 4. The van der Waals surface area contributed by atoms with E-state index in [1.54, 1.807) is 5.57 Å². The summed E-state index contributed by atoms with van der Waals surface area (Å²) in [6, 6.07) is 0. The van der Waals surface area contributed by atoms with Crippen molar-refractivity contribution in [2.24, 2.45) is 40.9 Å². The zero-order valence-corrected chi connectivity index (χ0v) is 19.2. The molecule has 4 heteroatoms. The number of hydrogen-bond acceptors (Lipinski definition) is 4. The Morgan fingerprint density at radius 3 is 2.45 bits per heavy atom. The van der Waals surface area contributed by atoms with Gasteiger partial charge >= 0.3 is 0 Å². The van der Waals surface area contributed by atoms with E-state index in [1.165, 1.54) is 38.4 Å².